The lowest BCUT2D eigenvalue weighted by Crippen LogP contribution is -2.41. The highest BCUT2D eigenvalue weighted by Crippen LogP contribution is 2.37. The summed E-state index contributed by atoms with van der Waals surface area (Å²) in [6.45, 7) is 11.2. The minimum Gasteiger partial charge on any atom is -0.444 e. The molecule has 0 spiro atoms. The fourth-order valence-electron chi connectivity index (χ4n) is 4.34. The summed E-state index contributed by atoms with van der Waals surface area (Å²) in [5.74, 6) is 0.442. The van der Waals surface area contributed by atoms with E-state index in [0.717, 1.165) is 59.6 Å². The number of carbonyl (C=O) groups is 1. The molecule has 0 bridgehead atoms. The Kier molecular flexibility index (Phi) is 5.35. The van der Waals surface area contributed by atoms with E-state index in [4.69, 9.17) is 14.8 Å². The van der Waals surface area contributed by atoms with Crippen molar-refractivity contribution in [3.05, 3.63) is 46.7 Å². The van der Waals surface area contributed by atoms with E-state index in [1.807, 2.05) is 49.5 Å². The molecular weight excluding hydrogens is 434 g/mol. The molecule has 1 amide bonds. The second-order valence-corrected chi connectivity index (χ2v) is 11.0. The number of amides is 1. The summed E-state index contributed by atoms with van der Waals surface area (Å²) in [5, 5.41) is 4.75. The topological polar surface area (TPSA) is 72.6 Å². The molecular formula is C25H29N5O2S. The van der Waals surface area contributed by atoms with Gasteiger partial charge in [-0.3, -0.25) is 4.98 Å². The van der Waals surface area contributed by atoms with Crippen LogP contribution < -0.4 is 0 Å². The van der Waals surface area contributed by atoms with Gasteiger partial charge in [0.1, 0.15) is 5.60 Å². The predicted octanol–water partition coefficient (Wildman–Crippen LogP) is 5.74. The van der Waals surface area contributed by atoms with Crippen LogP contribution in [-0.2, 0) is 4.74 Å². The van der Waals surface area contributed by atoms with Crippen molar-refractivity contribution in [2.45, 2.75) is 59.0 Å². The van der Waals surface area contributed by atoms with Crippen LogP contribution in [0.3, 0.4) is 0 Å². The van der Waals surface area contributed by atoms with E-state index in [-0.39, 0.29) is 6.09 Å². The fourth-order valence-corrected chi connectivity index (χ4v) is 5.57. The zero-order chi connectivity index (χ0) is 23.3. The Morgan fingerprint density at radius 2 is 1.91 bits per heavy atom. The Balaban J connectivity index is 1.35. The van der Waals surface area contributed by atoms with Crippen molar-refractivity contribution in [3.63, 3.8) is 0 Å². The van der Waals surface area contributed by atoms with Gasteiger partial charge in [-0.2, -0.15) is 5.10 Å². The normalized spacial score (nSPS) is 15.5. The van der Waals surface area contributed by atoms with Crippen LogP contribution in [0.2, 0.25) is 0 Å². The predicted molar refractivity (Wildman–Crippen MR) is 131 cm³/mol. The number of rotatable bonds is 2. The Morgan fingerprint density at radius 1 is 1.15 bits per heavy atom. The van der Waals surface area contributed by atoms with Gasteiger partial charge < -0.3 is 9.64 Å². The minimum atomic E-state index is -0.461. The average molecular weight is 464 g/mol. The number of thiophene rings is 1. The molecule has 0 radical (unpaired) electrons. The zero-order valence-corrected chi connectivity index (χ0v) is 20.6. The largest absolute Gasteiger partial charge is 0.444 e. The molecule has 0 saturated carbocycles. The summed E-state index contributed by atoms with van der Waals surface area (Å²) in [4.78, 5) is 24.8. The third-order valence-corrected chi connectivity index (χ3v) is 7.20. The molecule has 5 rings (SSSR count). The molecule has 172 valence electrons. The van der Waals surface area contributed by atoms with E-state index in [1.165, 1.54) is 9.58 Å². The number of piperidine rings is 1. The van der Waals surface area contributed by atoms with Gasteiger partial charge >= 0.3 is 6.09 Å². The smallest absolute Gasteiger partial charge is 0.410 e. The first kappa shape index (κ1) is 21.8. The van der Waals surface area contributed by atoms with Crippen LogP contribution in [0.5, 0.6) is 0 Å². The van der Waals surface area contributed by atoms with E-state index in [1.54, 1.807) is 11.3 Å². The first-order valence-electron chi connectivity index (χ1n) is 11.4. The van der Waals surface area contributed by atoms with Crippen LogP contribution in [0, 0.1) is 13.8 Å². The summed E-state index contributed by atoms with van der Waals surface area (Å²) in [6, 6.07) is 6.47. The summed E-state index contributed by atoms with van der Waals surface area (Å²) >= 11 is 1.80. The van der Waals surface area contributed by atoms with E-state index >= 15 is 0 Å². The molecule has 33 heavy (non-hydrogen) atoms. The van der Waals surface area contributed by atoms with Crippen molar-refractivity contribution in [1.29, 1.82) is 0 Å². The maximum atomic E-state index is 12.4. The number of aromatic nitrogens is 4. The van der Waals surface area contributed by atoms with E-state index in [0.29, 0.717) is 5.92 Å². The number of carbonyl (C=O) groups excluding carboxylic acids is 1. The number of imidazole rings is 1. The number of ether oxygens (including phenoxy) is 1. The van der Waals surface area contributed by atoms with Crippen LogP contribution in [0.1, 0.15) is 55.7 Å². The molecule has 4 aromatic rings. The van der Waals surface area contributed by atoms with Crippen LogP contribution in [0.4, 0.5) is 4.79 Å². The number of aryl methyl sites for hydroxylation is 2. The minimum absolute atomic E-state index is 0.212. The second-order valence-electron chi connectivity index (χ2n) is 9.86. The van der Waals surface area contributed by atoms with Gasteiger partial charge in [0, 0.05) is 29.7 Å². The lowest BCUT2D eigenvalue weighted by molar-refractivity contribution is 0.0205. The molecule has 0 aromatic carbocycles. The number of hydrogen-bond acceptors (Lipinski definition) is 6. The SMILES string of the molecule is Cc1cn2nc(-c3cnc4cc(C5CCN(C(=O)OC(C)(C)C)CC5)sc4c3)cc(C)c2n1. The number of hydrogen-bond donors (Lipinski definition) is 0. The van der Waals surface area contributed by atoms with Crippen molar-refractivity contribution in [2.75, 3.05) is 13.1 Å². The van der Waals surface area contributed by atoms with Crippen molar-refractivity contribution >= 4 is 33.3 Å². The first-order chi connectivity index (χ1) is 15.7. The number of likely N-dealkylation sites (tertiary alicyclic amines) is 1. The van der Waals surface area contributed by atoms with E-state index in [2.05, 4.69) is 30.1 Å². The molecule has 5 heterocycles. The molecule has 0 N–H and O–H groups in total. The molecule has 8 heteroatoms. The number of pyridine rings is 1. The van der Waals surface area contributed by atoms with Gasteiger partial charge in [-0.15, -0.1) is 11.3 Å². The molecule has 0 atom stereocenters. The summed E-state index contributed by atoms with van der Waals surface area (Å²) in [6.07, 6.45) is 5.52. The standard InChI is InChI=1S/C25H29N5O2S/c1-15-10-19(28-30-14-16(2)27-23(15)30)18-11-22-20(26-13-18)12-21(33-22)17-6-8-29(9-7-17)24(31)32-25(3,4)5/h10-14,17H,6-9H2,1-5H3. The maximum Gasteiger partial charge on any atom is 0.410 e. The van der Waals surface area contributed by atoms with Crippen molar-refractivity contribution < 1.29 is 9.53 Å². The average Bonchev–Trinajstić information content (AvgIpc) is 3.35. The first-order valence-corrected chi connectivity index (χ1v) is 12.2. The quantitative estimate of drug-likeness (QED) is 0.379. The van der Waals surface area contributed by atoms with Crippen LogP contribution in [-0.4, -0.2) is 49.3 Å². The Labute approximate surface area is 197 Å². The molecule has 1 aliphatic heterocycles. The van der Waals surface area contributed by atoms with Crippen molar-refractivity contribution in [3.8, 4) is 11.3 Å². The highest BCUT2D eigenvalue weighted by atomic mass is 32.1. The van der Waals surface area contributed by atoms with Gasteiger partial charge in [-0.25, -0.2) is 14.3 Å². The summed E-state index contributed by atoms with van der Waals surface area (Å²) < 4.78 is 8.54. The third-order valence-electron chi connectivity index (χ3n) is 5.96. The van der Waals surface area contributed by atoms with Gasteiger partial charge in [0.2, 0.25) is 0 Å². The number of fused-ring (bicyclic) bond motifs is 2. The van der Waals surface area contributed by atoms with Gasteiger partial charge in [-0.1, -0.05) is 0 Å². The highest BCUT2D eigenvalue weighted by molar-refractivity contribution is 7.19. The molecule has 4 aromatic heterocycles. The Bertz CT molecular complexity index is 1340. The van der Waals surface area contributed by atoms with Crippen LogP contribution in [0.15, 0.2) is 30.6 Å². The van der Waals surface area contributed by atoms with Gasteiger partial charge in [-0.05, 0) is 77.1 Å². The Hall–Kier alpha value is -3.00. The van der Waals surface area contributed by atoms with Crippen LogP contribution in [0.25, 0.3) is 27.1 Å². The summed E-state index contributed by atoms with van der Waals surface area (Å²) in [5.41, 5.74) is 5.40. The molecule has 1 fully saturated rings. The molecule has 1 aliphatic rings. The second kappa shape index (κ2) is 8.09. The highest BCUT2D eigenvalue weighted by Gasteiger charge is 2.28. The van der Waals surface area contributed by atoms with Crippen molar-refractivity contribution in [2.24, 2.45) is 0 Å². The summed E-state index contributed by atoms with van der Waals surface area (Å²) in [7, 11) is 0. The lowest BCUT2D eigenvalue weighted by Gasteiger charge is -2.33. The maximum absolute atomic E-state index is 12.4. The van der Waals surface area contributed by atoms with Gasteiger partial charge in [0.15, 0.2) is 5.65 Å². The number of nitrogens with zero attached hydrogens (tertiary/aromatic N) is 5. The monoisotopic (exact) mass is 463 g/mol. The molecule has 0 aliphatic carbocycles. The van der Waals surface area contributed by atoms with Crippen molar-refractivity contribution in [1.82, 2.24) is 24.5 Å². The molecule has 7 nitrogen and oxygen atoms in total. The molecule has 1 saturated heterocycles. The Morgan fingerprint density at radius 3 is 2.64 bits per heavy atom. The van der Waals surface area contributed by atoms with E-state index < -0.39 is 5.60 Å². The fraction of sp³-hybridized carbons (Fsp3) is 0.440. The lowest BCUT2D eigenvalue weighted by atomic mass is 9.95. The van der Waals surface area contributed by atoms with E-state index in [9.17, 15) is 4.79 Å². The van der Waals surface area contributed by atoms with Gasteiger partial charge in [0.25, 0.3) is 0 Å². The van der Waals surface area contributed by atoms with Crippen LogP contribution >= 0.6 is 11.3 Å². The molecule has 0 unspecified atom stereocenters. The third kappa shape index (κ3) is 4.44. The van der Waals surface area contributed by atoms with Gasteiger partial charge in [0.05, 0.1) is 27.8 Å². The zero-order valence-electron chi connectivity index (χ0n) is 19.8.